The van der Waals surface area contributed by atoms with Crippen LogP contribution in [0.5, 0.6) is 0 Å². The van der Waals surface area contributed by atoms with E-state index in [0.29, 0.717) is 12.8 Å². The number of halogens is 1. The van der Waals surface area contributed by atoms with E-state index >= 15 is 0 Å². The van der Waals surface area contributed by atoms with Crippen molar-refractivity contribution in [3.05, 3.63) is 35.6 Å². The molecule has 172 valence electrons. The van der Waals surface area contributed by atoms with Crippen molar-refractivity contribution >= 4 is 5.91 Å². The first kappa shape index (κ1) is 22.6. The third-order valence-corrected chi connectivity index (χ3v) is 6.76. The van der Waals surface area contributed by atoms with Crippen molar-refractivity contribution in [1.29, 1.82) is 0 Å². The van der Waals surface area contributed by atoms with Crippen LogP contribution in [0.25, 0.3) is 0 Å². The molecule has 3 unspecified atom stereocenters. The number of hydrogen-bond donors (Lipinski definition) is 4. The van der Waals surface area contributed by atoms with Gasteiger partial charge < -0.3 is 35.1 Å². The number of amides is 1. The van der Waals surface area contributed by atoms with Crippen LogP contribution in [0.2, 0.25) is 0 Å². The third kappa shape index (κ3) is 4.10. The highest BCUT2D eigenvalue weighted by atomic mass is 19.1. The van der Waals surface area contributed by atoms with Gasteiger partial charge in [-0.25, -0.2) is 4.39 Å². The number of rotatable bonds is 4. The molecule has 2 heterocycles. The number of likely N-dealkylation sites (N-methyl/N-ethyl adjacent to an activating group) is 1. The molecule has 1 aromatic rings. The standard InChI is InChI=1S/C22H31FN2O6/c1-4-12-10-15-19(17(24-3)18(12)26)31-22(28)16(9-11(2)29-21(22)30-15)25-20(27)13-5-7-14(23)8-6-13/h5-8,11-12,15-19,21,24,26,28H,4,9-10H2,1-3H3,(H,25,27)/t11-,12+,15?,16-,17+,18+,19?,21?,22+/m1/s1. The average molecular weight is 438 g/mol. The number of nitrogens with one attached hydrogen (secondary N) is 2. The first-order chi connectivity index (χ1) is 14.8. The molecule has 2 aliphatic heterocycles. The second-order valence-electron chi connectivity index (χ2n) is 8.77. The Hall–Kier alpha value is -1.62. The average Bonchev–Trinajstić information content (AvgIpc) is 2.73. The van der Waals surface area contributed by atoms with Gasteiger partial charge in [-0.1, -0.05) is 13.3 Å². The molecule has 31 heavy (non-hydrogen) atoms. The molecule has 3 fully saturated rings. The van der Waals surface area contributed by atoms with E-state index in [1.807, 2.05) is 13.8 Å². The lowest BCUT2D eigenvalue weighted by atomic mass is 9.77. The van der Waals surface area contributed by atoms with Crippen LogP contribution in [0.1, 0.15) is 43.5 Å². The Morgan fingerprint density at radius 3 is 2.61 bits per heavy atom. The Kier molecular flexibility index (Phi) is 6.35. The summed E-state index contributed by atoms with van der Waals surface area (Å²) in [6, 6.07) is 3.90. The van der Waals surface area contributed by atoms with E-state index in [1.54, 1.807) is 7.05 Å². The Morgan fingerprint density at radius 2 is 1.97 bits per heavy atom. The first-order valence-electron chi connectivity index (χ1n) is 10.9. The van der Waals surface area contributed by atoms with Gasteiger partial charge in [-0.15, -0.1) is 0 Å². The van der Waals surface area contributed by atoms with Gasteiger partial charge in [0.15, 0.2) is 0 Å². The smallest absolute Gasteiger partial charge is 0.251 e. The normalized spacial score (nSPS) is 42.4. The van der Waals surface area contributed by atoms with Gasteiger partial charge in [-0.2, -0.15) is 0 Å². The topological polar surface area (TPSA) is 109 Å². The molecule has 3 aliphatic rings. The molecule has 4 N–H and O–H groups in total. The molecule has 1 saturated carbocycles. The van der Waals surface area contributed by atoms with Crippen molar-refractivity contribution in [2.24, 2.45) is 5.92 Å². The Balaban J connectivity index is 1.58. The minimum Gasteiger partial charge on any atom is -0.391 e. The van der Waals surface area contributed by atoms with Crippen LogP contribution >= 0.6 is 0 Å². The predicted molar refractivity (Wildman–Crippen MR) is 109 cm³/mol. The summed E-state index contributed by atoms with van der Waals surface area (Å²) in [5, 5.41) is 28.2. The molecule has 1 amide bonds. The van der Waals surface area contributed by atoms with Gasteiger partial charge in [0.1, 0.15) is 11.9 Å². The van der Waals surface area contributed by atoms with E-state index in [0.717, 1.165) is 6.42 Å². The fraction of sp³-hybridized carbons (Fsp3) is 0.682. The lowest BCUT2D eigenvalue weighted by Gasteiger charge is -2.57. The highest BCUT2D eigenvalue weighted by Gasteiger charge is 2.61. The Bertz CT molecular complexity index is 795. The van der Waals surface area contributed by atoms with Crippen LogP contribution in [0, 0.1) is 11.7 Å². The van der Waals surface area contributed by atoms with Crippen molar-refractivity contribution in [3.8, 4) is 0 Å². The minimum atomic E-state index is -1.93. The van der Waals surface area contributed by atoms with Crippen LogP contribution < -0.4 is 10.6 Å². The molecule has 2 saturated heterocycles. The number of aliphatic hydroxyl groups excluding tert-OH is 1. The van der Waals surface area contributed by atoms with Crippen molar-refractivity contribution < 1.29 is 33.6 Å². The van der Waals surface area contributed by atoms with Crippen LogP contribution in [-0.2, 0) is 14.2 Å². The van der Waals surface area contributed by atoms with Crippen molar-refractivity contribution in [2.45, 2.75) is 81.7 Å². The maximum absolute atomic E-state index is 13.2. The molecule has 4 rings (SSSR count). The summed E-state index contributed by atoms with van der Waals surface area (Å²) in [7, 11) is 1.73. The van der Waals surface area contributed by atoms with Gasteiger partial charge in [0.25, 0.3) is 5.91 Å². The summed E-state index contributed by atoms with van der Waals surface area (Å²) >= 11 is 0. The molecular formula is C22H31FN2O6. The SMILES string of the molecule is CC[C@H]1CC2OC3O[C@H](C)C[C@@H](NC(=O)c4ccc(F)cc4)[C@]3(O)OC2[C@@H](NC)[C@H]1O. The zero-order chi connectivity index (χ0) is 22.3. The van der Waals surface area contributed by atoms with Crippen molar-refractivity contribution in [2.75, 3.05) is 7.05 Å². The van der Waals surface area contributed by atoms with Crippen LogP contribution in [0.3, 0.4) is 0 Å². The number of hydrogen-bond acceptors (Lipinski definition) is 7. The zero-order valence-electron chi connectivity index (χ0n) is 18.0. The summed E-state index contributed by atoms with van der Waals surface area (Å²) in [6.45, 7) is 3.85. The number of aliphatic hydroxyl groups is 2. The van der Waals surface area contributed by atoms with Gasteiger partial charge >= 0.3 is 0 Å². The van der Waals surface area contributed by atoms with Crippen molar-refractivity contribution in [3.63, 3.8) is 0 Å². The summed E-state index contributed by atoms with van der Waals surface area (Å²) < 4.78 is 31.4. The predicted octanol–water partition coefficient (Wildman–Crippen LogP) is 0.910. The van der Waals surface area contributed by atoms with Crippen LogP contribution in [0.15, 0.2) is 24.3 Å². The largest absolute Gasteiger partial charge is 0.391 e. The second-order valence-corrected chi connectivity index (χ2v) is 8.77. The molecular weight excluding hydrogens is 407 g/mol. The Labute approximate surface area is 181 Å². The van der Waals surface area contributed by atoms with E-state index in [-0.39, 0.29) is 23.7 Å². The lowest BCUT2D eigenvalue weighted by molar-refractivity contribution is -0.443. The van der Waals surface area contributed by atoms with E-state index in [9.17, 15) is 19.4 Å². The molecule has 0 radical (unpaired) electrons. The first-order valence-corrected chi connectivity index (χ1v) is 10.9. The van der Waals surface area contributed by atoms with Crippen molar-refractivity contribution in [1.82, 2.24) is 10.6 Å². The molecule has 8 nitrogen and oxygen atoms in total. The summed E-state index contributed by atoms with van der Waals surface area (Å²) in [4.78, 5) is 12.8. The monoisotopic (exact) mass is 438 g/mol. The minimum absolute atomic E-state index is 0.0310. The van der Waals surface area contributed by atoms with Crippen LogP contribution in [0.4, 0.5) is 4.39 Å². The maximum atomic E-state index is 13.2. The number of carbonyl (C=O) groups is 1. The Morgan fingerprint density at radius 1 is 1.26 bits per heavy atom. The molecule has 1 aliphatic carbocycles. The number of ether oxygens (including phenoxy) is 3. The second kappa shape index (κ2) is 8.73. The fourth-order valence-corrected chi connectivity index (χ4v) is 4.99. The van der Waals surface area contributed by atoms with E-state index in [4.69, 9.17) is 14.2 Å². The quantitative estimate of drug-likeness (QED) is 0.553. The number of carbonyl (C=O) groups excluding carboxylic acids is 1. The molecule has 1 aromatic carbocycles. The van der Waals surface area contributed by atoms with Gasteiger partial charge in [-0.3, -0.25) is 4.79 Å². The molecule has 0 aromatic heterocycles. The fourth-order valence-electron chi connectivity index (χ4n) is 4.99. The highest BCUT2D eigenvalue weighted by Crippen LogP contribution is 2.43. The number of fused-ring (bicyclic) bond motifs is 2. The van der Waals surface area contributed by atoms with E-state index in [1.165, 1.54) is 24.3 Å². The maximum Gasteiger partial charge on any atom is 0.251 e. The summed E-state index contributed by atoms with van der Waals surface area (Å²) in [5.74, 6) is -2.80. The highest BCUT2D eigenvalue weighted by molar-refractivity contribution is 5.94. The van der Waals surface area contributed by atoms with Crippen LogP contribution in [-0.4, -0.2) is 71.7 Å². The number of benzene rings is 1. The molecule has 0 spiro atoms. The van der Waals surface area contributed by atoms with Gasteiger partial charge in [0.2, 0.25) is 12.1 Å². The lowest BCUT2D eigenvalue weighted by Crippen LogP contribution is -2.75. The zero-order valence-corrected chi connectivity index (χ0v) is 18.0. The summed E-state index contributed by atoms with van der Waals surface area (Å²) in [5.41, 5.74) is 0.266. The van der Waals surface area contributed by atoms with E-state index in [2.05, 4.69) is 10.6 Å². The van der Waals surface area contributed by atoms with E-state index < -0.39 is 48.1 Å². The molecule has 0 bridgehead atoms. The third-order valence-electron chi connectivity index (χ3n) is 6.76. The van der Waals surface area contributed by atoms with Gasteiger partial charge in [-0.05, 0) is 57.0 Å². The molecule has 9 atom stereocenters. The van der Waals surface area contributed by atoms with Gasteiger partial charge in [0.05, 0.1) is 30.4 Å². The van der Waals surface area contributed by atoms with Gasteiger partial charge in [0, 0.05) is 5.56 Å². The summed E-state index contributed by atoms with van der Waals surface area (Å²) in [6.07, 6.45) is -1.35. The molecule has 9 heteroatoms.